The van der Waals surface area contributed by atoms with Crippen molar-refractivity contribution in [2.45, 2.75) is 46.7 Å². The lowest BCUT2D eigenvalue weighted by Crippen LogP contribution is -2.29. The second kappa shape index (κ2) is 10.7. The average molecular weight is 465 g/mol. The summed E-state index contributed by atoms with van der Waals surface area (Å²) >= 11 is 0. The van der Waals surface area contributed by atoms with Gasteiger partial charge in [-0.3, -0.25) is 9.10 Å². The standard InChI is InChI=1S/C27H32N2O3S/c1-5-21-11-12-23(6-2)25(17-21)18-28-27(30)24-13-15-26(16-14-24)29(33(4,31)32)19-22-9-7-20(3)8-10-22/h7-17H,5-6,18-19H2,1-4H3,(H,28,30). The fourth-order valence-corrected chi connectivity index (χ4v) is 4.61. The molecule has 0 atom stereocenters. The van der Waals surface area contributed by atoms with E-state index in [2.05, 4.69) is 37.4 Å². The van der Waals surface area contributed by atoms with E-state index in [-0.39, 0.29) is 12.5 Å². The Kier molecular flexibility index (Phi) is 7.92. The van der Waals surface area contributed by atoms with Gasteiger partial charge in [0.15, 0.2) is 0 Å². The van der Waals surface area contributed by atoms with Crippen LogP contribution in [-0.4, -0.2) is 20.6 Å². The molecule has 1 N–H and O–H groups in total. The number of sulfonamides is 1. The number of anilines is 1. The molecule has 0 saturated heterocycles. The largest absolute Gasteiger partial charge is 0.348 e. The molecule has 5 nitrogen and oxygen atoms in total. The van der Waals surface area contributed by atoms with Gasteiger partial charge in [-0.05, 0) is 66.3 Å². The zero-order chi connectivity index (χ0) is 24.0. The molecule has 0 aliphatic heterocycles. The first kappa shape index (κ1) is 24.5. The summed E-state index contributed by atoms with van der Waals surface area (Å²) in [5.41, 5.74) is 6.63. The Morgan fingerprint density at radius 1 is 0.848 bits per heavy atom. The van der Waals surface area contributed by atoms with Crippen LogP contribution in [-0.2, 0) is 36.0 Å². The predicted octanol–water partition coefficient (Wildman–Crippen LogP) is 5.02. The van der Waals surface area contributed by atoms with Crippen molar-refractivity contribution in [2.75, 3.05) is 10.6 Å². The van der Waals surface area contributed by atoms with Crippen LogP contribution in [0.1, 0.15) is 52.0 Å². The van der Waals surface area contributed by atoms with Crippen molar-refractivity contribution >= 4 is 21.6 Å². The molecule has 0 spiro atoms. The average Bonchev–Trinajstić information content (AvgIpc) is 2.81. The highest BCUT2D eigenvalue weighted by atomic mass is 32.2. The van der Waals surface area contributed by atoms with Gasteiger partial charge in [-0.1, -0.05) is 61.9 Å². The molecular formula is C27H32N2O3S. The number of aryl methyl sites for hydroxylation is 3. The molecule has 0 heterocycles. The normalized spacial score (nSPS) is 11.3. The van der Waals surface area contributed by atoms with Crippen LogP contribution < -0.4 is 9.62 Å². The third-order valence-electron chi connectivity index (χ3n) is 5.76. The Morgan fingerprint density at radius 3 is 2.06 bits per heavy atom. The van der Waals surface area contributed by atoms with E-state index in [0.29, 0.717) is 17.8 Å². The van der Waals surface area contributed by atoms with Crippen LogP contribution in [0.4, 0.5) is 5.69 Å². The molecule has 0 aliphatic rings. The van der Waals surface area contributed by atoms with Crippen LogP contribution in [0.15, 0.2) is 66.7 Å². The first-order valence-corrected chi connectivity index (χ1v) is 13.1. The number of rotatable bonds is 9. The quantitative estimate of drug-likeness (QED) is 0.484. The molecule has 0 bridgehead atoms. The van der Waals surface area contributed by atoms with Gasteiger partial charge >= 0.3 is 0 Å². The maximum absolute atomic E-state index is 12.7. The Balaban J connectivity index is 1.74. The summed E-state index contributed by atoms with van der Waals surface area (Å²) in [6, 6.07) is 20.9. The van der Waals surface area contributed by atoms with Crippen LogP contribution in [0.5, 0.6) is 0 Å². The van der Waals surface area contributed by atoms with Gasteiger partial charge in [0, 0.05) is 12.1 Å². The Bertz CT molecular complexity index is 1200. The number of carbonyl (C=O) groups excluding carboxylic acids is 1. The SMILES string of the molecule is CCc1ccc(CC)c(CNC(=O)c2ccc(N(Cc3ccc(C)cc3)S(C)(=O)=O)cc2)c1. The molecule has 3 rings (SSSR count). The third-order valence-corrected chi connectivity index (χ3v) is 6.90. The van der Waals surface area contributed by atoms with Crippen molar-refractivity contribution in [3.63, 3.8) is 0 Å². The highest BCUT2D eigenvalue weighted by Gasteiger charge is 2.18. The van der Waals surface area contributed by atoms with E-state index in [1.165, 1.54) is 21.7 Å². The van der Waals surface area contributed by atoms with Gasteiger partial charge in [-0.15, -0.1) is 0 Å². The lowest BCUT2D eigenvalue weighted by molar-refractivity contribution is 0.0951. The van der Waals surface area contributed by atoms with E-state index in [4.69, 9.17) is 0 Å². The summed E-state index contributed by atoms with van der Waals surface area (Å²) in [6.45, 7) is 6.91. The second-order valence-electron chi connectivity index (χ2n) is 8.29. The maximum Gasteiger partial charge on any atom is 0.251 e. The van der Waals surface area contributed by atoms with Crippen molar-refractivity contribution in [1.82, 2.24) is 5.32 Å². The number of hydrogen-bond donors (Lipinski definition) is 1. The summed E-state index contributed by atoms with van der Waals surface area (Å²) in [5, 5.41) is 2.99. The predicted molar refractivity (Wildman–Crippen MR) is 135 cm³/mol. The highest BCUT2D eigenvalue weighted by Crippen LogP contribution is 2.22. The summed E-state index contributed by atoms with van der Waals surface area (Å²) in [4.78, 5) is 12.7. The molecule has 0 fully saturated rings. The van der Waals surface area contributed by atoms with Crippen LogP contribution in [0, 0.1) is 6.92 Å². The minimum atomic E-state index is -3.49. The Labute approximate surface area is 197 Å². The summed E-state index contributed by atoms with van der Waals surface area (Å²) in [6.07, 6.45) is 3.05. The Hall–Kier alpha value is -3.12. The van der Waals surface area contributed by atoms with Gasteiger partial charge in [0.1, 0.15) is 0 Å². The molecule has 0 unspecified atom stereocenters. The van der Waals surface area contributed by atoms with E-state index < -0.39 is 10.0 Å². The molecule has 1 amide bonds. The first-order chi connectivity index (χ1) is 15.7. The Morgan fingerprint density at radius 2 is 1.48 bits per heavy atom. The fraction of sp³-hybridized carbons (Fsp3) is 0.296. The molecule has 33 heavy (non-hydrogen) atoms. The van der Waals surface area contributed by atoms with E-state index in [1.807, 2.05) is 31.2 Å². The van der Waals surface area contributed by atoms with Crippen LogP contribution in [0.2, 0.25) is 0 Å². The van der Waals surface area contributed by atoms with Gasteiger partial charge in [0.2, 0.25) is 10.0 Å². The summed E-state index contributed by atoms with van der Waals surface area (Å²) < 4.78 is 26.2. The van der Waals surface area contributed by atoms with Gasteiger partial charge < -0.3 is 5.32 Å². The molecule has 6 heteroatoms. The lowest BCUT2D eigenvalue weighted by Gasteiger charge is -2.23. The topological polar surface area (TPSA) is 66.5 Å². The number of nitrogens with one attached hydrogen (secondary N) is 1. The zero-order valence-corrected chi connectivity index (χ0v) is 20.6. The third kappa shape index (κ3) is 6.45. The summed E-state index contributed by atoms with van der Waals surface area (Å²) in [7, 11) is -3.49. The smallest absolute Gasteiger partial charge is 0.251 e. The number of hydrogen-bond acceptors (Lipinski definition) is 3. The monoisotopic (exact) mass is 464 g/mol. The summed E-state index contributed by atoms with van der Waals surface area (Å²) in [5.74, 6) is -0.185. The van der Waals surface area contributed by atoms with E-state index >= 15 is 0 Å². The maximum atomic E-state index is 12.7. The number of benzene rings is 3. The van der Waals surface area contributed by atoms with Gasteiger partial charge in [-0.25, -0.2) is 8.42 Å². The number of carbonyl (C=O) groups is 1. The molecular weight excluding hydrogens is 432 g/mol. The molecule has 174 valence electrons. The minimum absolute atomic E-state index is 0.185. The fourth-order valence-electron chi connectivity index (χ4n) is 3.72. The molecule has 0 saturated carbocycles. The van der Waals surface area contributed by atoms with Crippen LogP contribution >= 0.6 is 0 Å². The van der Waals surface area contributed by atoms with Gasteiger partial charge in [0.05, 0.1) is 18.5 Å². The molecule has 3 aromatic carbocycles. The highest BCUT2D eigenvalue weighted by molar-refractivity contribution is 7.92. The van der Waals surface area contributed by atoms with Gasteiger partial charge in [0.25, 0.3) is 5.91 Å². The minimum Gasteiger partial charge on any atom is -0.348 e. The second-order valence-corrected chi connectivity index (χ2v) is 10.2. The van der Waals surface area contributed by atoms with Crippen molar-refractivity contribution in [1.29, 1.82) is 0 Å². The van der Waals surface area contributed by atoms with Crippen molar-refractivity contribution in [2.24, 2.45) is 0 Å². The molecule has 0 aliphatic carbocycles. The molecule has 3 aromatic rings. The van der Waals surface area contributed by atoms with Gasteiger partial charge in [-0.2, -0.15) is 0 Å². The van der Waals surface area contributed by atoms with Crippen LogP contribution in [0.25, 0.3) is 0 Å². The van der Waals surface area contributed by atoms with Crippen molar-refractivity contribution < 1.29 is 13.2 Å². The lowest BCUT2D eigenvalue weighted by atomic mass is 10.0. The number of amides is 1. The van der Waals surface area contributed by atoms with E-state index in [1.54, 1.807) is 24.3 Å². The molecule has 0 radical (unpaired) electrons. The van der Waals surface area contributed by atoms with Crippen molar-refractivity contribution in [3.05, 3.63) is 100 Å². The molecule has 0 aromatic heterocycles. The first-order valence-electron chi connectivity index (χ1n) is 11.2. The van der Waals surface area contributed by atoms with E-state index in [9.17, 15) is 13.2 Å². The van der Waals surface area contributed by atoms with Crippen LogP contribution in [0.3, 0.4) is 0 Å². The zero-order valence-electron chi connectivity index (χ0n) is 19.8. The van der Waals surface area contributed by atoms with Crippen molar-refractivity contribution in [3.8, 4) is 0 Å². The van der Waals surface area contributed by atoms with E-state index in [0.717, 1.165) is 29.5 Å². The number of nitrogens with zero attached hydrogens (tertiary/aromatic N) is 1.